The molecule has 0 aromatic rings. The average molecular weight is 227 g/mol. The van der Waals surface area contributed by atoms with Crippen LogP contribution in [0.3, 0.4) is 0 Å². The Bertz CT molecular complexity index is 417. The third-order valence-corrected chi connectivity index (χ3v) is 2.75. The fraction of sp³-hybridized carbons (Fsp3) is 0.250. The van der Waals surface area contributed by atoms with Crippen LogP contribution in [0.15, 0.2) is 73.2 Å². The van der Waals surface area contributed by atoms with Crippen molar-refractivity contribution in [1.82, 2.24) is 4.90 Å². The average Bonchev–Trinajstić information content (AvgIpc) is 2.46. The summed E-state index contributed by atoms with van der Waals surface area (Å²) in [5.74, 6) is 0. The molecule has 0 bridgehead atoms. The van der Waals surface area contributed by atoms with Crippen molar-refractivity contribution in [3.05, 3.63) is 73.2 Å². The number of hydrogen-bond donors (Lipinski definition) is 0. The third kappa shape index (κ3) is 3.63. The highest BCUT2D eigenvalue weighted by Gasteiger charge is 2.12. The molecular formula is C16H21N. The lowest BCUT2D eigenvalue weighted by atomic mass is 9.93. The fourth-order valence-corrected chi connectivity index (χ4v) is 1.62. The van der Waals surface area contributed by atoms with Crippen molar-refractivity contribution >= 4 is 0 Å². The smallest absolute Gasteiger partial charge is 0.0405 e. The van der Waals surface area contributed by atoms with E-state index in [4.69, 9.17) is 0 Å². The summed E-state index contributed by atoms with van der Waals surface area (Å²) in [5.41, 5.74) is 2.28. The molecule has 0 aromatic carbocycles. The molecule has 17 heavy (non-hydrogen) atoms. The van der Waals surface area contributed by atoms with Gasteiger partial charge in [-0.15, -0.1) is 0 Å². The van der Waals surface area contributed by atoms with E-state index >= 15 is 0 Å². The summed E-state index contributed by atoms with van der Waals surface area (Å²) in [7, 11) is 2.03. The number of allylic oxidation sites excluding steroid dienone is 8. The largest absolute Gasteiger partial charge is 0.345 e. The number of nitrogens with zero attached hydrogens (tertiary/aromatic N) is 1. The minimum absolute atomic E-state index is 0.107. The van der Waals surface area contributed by atoms with Crippen molar-refractivity contribution in [1.29, 1.82) is 0 Å². The lowest BCUT2D eigenvalue weighted by molar-refractivity contribution is 0.552. The molecule has 0 radical (unpaired) electrons. The minimum atomic E-state index is 0.107. The molecular weight excluding hydrogens is 206 g/mol. The summed E-state index contributed by atoms with van der Waals surface area (Å²) in [6.07, 6.45) is 16.3. The Morgan fingerprint density at radius 2 is 2.00 bits per heavy atom. The maximum atomic E-state index is 3.82. The van der Waals surface area contributed by atoms with Crippen molar-refractivity contribution in [2.24, 2.45) is 5.41 Å². The summed E-state index contributed by atoms with van der Waals surface area (Å²) in [4.78, 5) is 2.09. The Kier molecular flexibility index (Phi) is 4.33. The number of rotatable bonds is 4. The highest BCUT2D eigenvalue weighted by Crippen LogP contribution is 2.24. The van der Waals surface area contributed by atoms with Crippen LogP contribution in [0.1, 0.15) is 13.8 Å². The minimum Gasteiger partial charge on any atom is -0.345 e. The second kappa shape index (κ2) is 5.53. The molecule has 0 aliphatic heterocycles. The standard InChI is InChI=1S/C16H21N/c1-6-9-14(7-2)17(5)15-10-8-12-16(3,4)13-11-15/h6-13H,1-2H2,3-5H3/b14-9+. The second-order valence-electron chi connectivity index (χ2n) is 4.70. The van der Waals surface area contributed by atoms with Crippen LogP contribution in [0.4, 0.5) is 0 Å². The monoisotopic (exact) mass is 227 g/mol. The Hall–Kier alpha value is -1.76. The topological polar surface area (TPSA) is 3.24 Å². The zero-order valence-electron chi connectivity index (χ0n) is 11.0. The molecule has 0 aromatic heterocycles. The van der Waals surface area contributed by atoms with E-state index in [-0.39, 0.29) is 5.41 Å². The predicted octanol–water partition coefficient (Wildman–Crippen LogP) is 4.21. The lowest BCUT2D eigenvalue weighted by Gasteiger charge is -2.21. The van der Waals surface area contributed by atoms with Crippen LogP contribution >= 0.6 is 0 Å². The summed E-state index contributed by atoms with van der Waals surface area (Å²) >= 11 is 0. The van der Waals surface area contributed by atoms with Gasteiger partial charge < -0.3 is 4.90 Å². The number of hydrogen-bond acceptors (Lipinski definition) is 1. The molecule has 1 heteroatoms. The van der Waals surface area contributed by atoms with Crippen LogP contribution in [0.5, 0.6) is 0 Å². The maximum absolute atomic E-state index is 3.82. The van der Waals surface area contributed by atoms with Crippen LogP contribution in [-0.2, 0) is 0 Å². The van der Waals surface area contributed by atoms with Gasteiger partial charge in [0.25, 0.3) is 0 Å². The molecule has 1 nitrogen and oxygen atoms in total. The summed E-state index contributed by atoms with van der Waals surface area (Å²) in [6, 6.07) is 0. The zero-order valence-corrected chi connectivity index (χ0v) is 11.0. The van der Waals surface area contributed by atoms with Crippen molar-refractivity contribution in [2.45, 2.75) is 13.8 Å². The van der Waals surface area contributed by atoms with Crippen molar-refractivity contribution in [3.63, 3.8) is 0 Å². The van der Waals surface area contributed by atoms with Crippen LogP contribution in [0.25, 0.3) is 0 Å². The molecule has 0 saturated carbocycles. The fourth-order valence-electron chi connectivity index (χ4n) is 1.62. The molecule has 0 heterocycles. The molecule has 1 aliphatic rings. The van der Waals surface area contributed by atoms with Crippen molar-refractivity contribution in [2.75, 3.05) is 7.05 Å². The highest BCUT2D eigenvalue weighted by atomic mass is 15.1. The molecule has 90 valence electrons. The maximum Gasteiger partial charge on any atom is 0.0405 e. The number of likely N-dealkylation sites (N-methyl/N-ethyl adjacent to an activating group) is 1. The van der Waals surface area contributed by atoms with Gasteiger partial charge in [-0.3, -0.25) is 0 Å². The van der Waals surface area contributed by atoms with Gasteiger partial charge in [-0.05, 0) is 24.3 Å². The van der Waals surface area contributed by atoms with Gasteiger partial charge in [-0.1, -0.05) is 51.3 Å². The first-order chi connectivity index (χ1) is 8.00. The Morgan fingerprint density at radius 3 is 2.59 bits per heavy atom. The van der Waals surface area contributed by atoms with Gasteiger partial charge in [0.15, 0.2) is 0 Å². The molecule has 0 saturated heterocycles. The summed E-state index contributed by atoms with van der Waals surface area (Å²) < 4.78 is 0. The third-order valence-electron chi connectivity index (χ3n) is 2.75. The molecule has 0 fully saturated rings. The molecule has 1 aliphatic carbocycles. The first-order valence-corrected chi connectivity index (χ1v) is 5.78. The van der Waals surface area contributed by atoms with Crippen LogP contribution in [0.2, 0.25) is 0 Å². The van der Waals surface area contributed by atoms with E-state index in [1.54, 1.807) is 6.08 Å². The summed E-state index contributed by atoms with van der Waals surface area (Å²) in [6.45, 7) is 11.9. The van der Waals surface area contributed by atoms with Gasteiger partial charge in [0.2, 0.25) is 0 Å². The molecule has 0 atom stereocenters. The van der Waals surface area contributed by atoms with E-state index in [1.165, 1.54) is 0 Å². The van der Waals surface area contributed by atoms with Crippen molar-refractivity contribution in [3.8, 4) is 0 Å². The van der Waals surface area contributed by atoms with E-state index in [1.807, 2.05) is 19.2 Å². The van der Waals surface area contributed by atoms with E-state index in [2.05, 4.69) is 62.3 Å². The molecule has 0 unspecified atom stereocenters. The quantitative estimate of drug-likeness (QED) is 0.650. The van der Waals surface area contributed by atoms with Gasteiger partial charge in [-0.25, -0.2) is 0 Å². The lowest BCUT2D eigenvalue weighted by Crippen LogP contribution is -2.14. The Balaban J connectivity index is 2.99. The van der Waals surface area contributed by atoms with Crippen LogP contribution < -0.4 is 0 Å². The van der Waals surface area contributed by atoms with E-state index in [9.17, 15) is 0 Å². The van der Waals surface area contributed by atoms with Crippen molar-refractivity contribution < 1.29 is 0 Å². The van der Waals surface area contributed by atoms with Gasteiger partial charge >= 0.3 is 0 Å². The first-order valence-electron chi connectivity index (χ1n) is 5.78. The highest BCUT2D eigenvalue weighted by molar-refractivity contribution is 5.35. The van der Waals surface area contributed by atoms with Gasteiger partial charge in [-0.2, -0.15) is 0 Å². The SMILES string of the molecule is C=C/C=C(\C=C)N(C)C1=CC=CC(C)(C)C=C1. The van der Waals surface area contributed by atoms with Crippen LogP contribution in [-0.4, -0.2) is 11.9 Å². The molecule has 1 rings (SSSR count). The molecule has 0 N–H and O–H groups in total. The Morgan fingerprint density at radius 1 is 1.29 bits per heavy atom. The van der Waals surface area contributed by atoms with Gasteiger partial charge in [0.1, 0.15) is 0 Å². The normalized spacial score (nSPS) is 18.3. The van der Waals surface area contributed by atoms with E-state index in [0.717, 1.165) is 11.4 Å². The first kappa shape index (κ1) is 13.3. The molecule has 0 amide bonds. The summed E-state index contributed by atoms with van der Waals surface area (Å²) in [5, 5.41) is 0. The second-order valence-corrected chi connectivity index (χ2v) is 4.70. The molecule has 0 spiro atoms. The zero-order chi connectivity index (χ0) is 12.9. The van der Waals surface area contributed by atoms with Gasteiger partial charge in [0, 0.05) is 23.9 Å². The van der Waals surface area contributed by atoms with Gasteiger partial charge in [0.05, 0.1) is 0 Å². The predicted molar refractivity (Wildman–Crippen MR) is 76.4 cm³/mol. The van der Waals surface area contributed by atoms with E-state index in [0.29, 0.717) is 0 Å². The Labute approximate surface area is 105 Å². The van der Waals surface area contributed by atoms with E-state index < -0.39 is 0 Å². The van der Waals surface area contributed by atoms with Crippen LogP contribution in [0, 0.1) is 5.41 Å².